The van der Waals surface area contributed by atoms with Crippen molar-refractivity contribution < 1.29 is 4.79 Å². The lowest BCUT2D eigenvalue weighted by Gasteiger charge is -2.02. The number of nitrogens with two attached hydrogens (primary N) is 2. The summed E-state index contributed by atoms with van der Waals surface area (Å²) in [6.07, 6.45) is 4.18. The summed E-state index contributed by atoms with van der Waals surface area (Å²) in [7, 11) is 0. The van der Waals surface area contributed by atoms with Crippen molar-refractivity contribution in [3.63, 3.8) is 0 Å². The van der Waals surface area contributed by atoms with Crippen molar-refractivity contribution in [2.24, 2.45) is 11.5 Å². The van der Waals surface area contributed by atoms with Gasteiger partial charge in [0.25, 0.3) is 5.91 Å². The van der Waals surface area contributed by atoms with Gasteiger partial charge in [0.1, 0.15) is 5.69 Å². The first kappa shape index (κ1) is 11.3. The number of carbonyl (C=O) groups excluding carboxylic acids is 1. The minimum Gasteiger partial charge on any atom is -0.364 e. The highest BCUT2D eigenvalue weighted by atomic mass is 16.1. The lowest BCUT2D eigenvalue weighted by molar-refractivity contribution is 0.0995. The van der Waals surface area contributed by atoms with E-state index in [0.717, 1.165) is 12.0 Å². The number of rotatable bonds is 4. The molecule has 17 heavy (non-hydrogen) atoms. The molecule has 0 atom stereocenters. The molecule has 0 saturated carbocycles. The Balaban J connectivity index is 2.23. The highest BCUT2D eigenvalue weighted by Gasteiger charge is 2.06. The molecule has 0 bridgehead atoms. The van der Waals surface area contributed by atoms with E-state index in [4.69, 9.17) is 11.5 Å². The average molecular weight is 231 g/mol. The Morgan fingerprint density at radius 1 is 1.35 bits per heavy atom. The molecule has 0 aliphatic carbocycles. The summed E-state index contributed by atoms with van der Waals surface area (Å²) in [6.45, 7) is 0.592. The van der Waals surface area contributed by atoms with Crippen molar-refractivity contribution >= 4 is 5.91 Å². The second kappa shape index (κ2) is 4.75. The molecule has 0 spiro atoms. The topological polar surface area (TPSA) is 99.8 Å². The van der Waals surface area contributed by atoms with E-state index in [0.29, 0.717) is 12.4 Å². The van der Waals surface area contributed by atoms with Crippen LogP contribution in [0.15, 0.2) is 30.6 Å². The fraction of sp³-hybridized carbons (Fsp3) is 0.182. The maximum atomic E-state index is 10.9. The molecule has 0 aromatic carbocycles. The van der Waals surface area contributed by atoms with Crippen LogP contribution in [0.2, 0.25) is 0 Å². The molecule has 0 radical (unpaired) electrons. The molecule has 2 rings (SSSR count). The molecule has 0 fully saturated rings. The number of primary amides is 1. The Morgan fingerprint density at radius 2 is 2.18 bits per heavy atom. The third-order valence-electron chi connectivity index (χ3n) is 2.32. The number of carbonyl (C=O) groups is 1. The molecular formula is C11H13N5O. The minimum absolute atomic E-state index is 0.220. The molecule has 4 N–H and O–H groups in total. The van der Waals surface area contributed by atoms with E-state index >= 15 is 0 Å². The fourth-order valence-corrected chi connectivity index (χ4v) is 1.45. The van der Waals surface area contributed by atoms with Gasteiger partial charge in [-0.05, 0) is 30.7 Å². The van der Waals surface area contributed by atoms with Gasteiger partial charge >= 0.3 is 0 Å². The second-order valence-corrected chi connectivity index (χ2v) is 3.57. The lowest BCUT2D eigenvalue weighted by Crippen LogP contribution is -2.12. The normalized spacial score (nSPS) is 10.4. The third-order valence-corrected chi connectivity index (χ3v) is 2.32. The van der Waals surface area contributed by atoms with E-state index in [1.165, 1.54) is 4.68 Å². The molecule has 2 aromatic heterocycles. The van der Waals surface area contributed by atoms with E-state index in [2.05, 4.69) is 10.1 Å². The third kappa shape index (κ3) is 2.48. The predicted octanol–water partition coefficient (Wildman–Crippen LogP) is -0.133. The number of hydrogen-bond donors (Lipinski definition) is 2. The molecule has 6 nitrogen and oxygen atoms in total. The van der Waals surface area contributed by atoms with Gasteiger partial charge in [0.05, 0.1) is 0 Å². The van der Waals surface area contributed by atoms with Gasteiger partial charge in [0.15, 0.2) is 5.82 Å². The smallest absolute Gasteiger partial charge is 0.269 e. The van der Waals surface area contributed by atoms with Crippen LogP contribution in [0.1, 0.15) is 16.1 Å². The SMILES string of the molecule is NCCc1ccc(-n2ccc(C(N)=O)n2)nc1. The van der Waals surface area contributed by atoms with E-state index < -0.39 is 5.91 Å². The van der Waals surface area contributed by atoms with E-state index in [9.17, 15) is 4.79 Å². The summed E-state index contributed by atoms with van der Waals surface area (Å²) < 4.78 is 1.51. The summed E-state index contributed by atoms with van der Waals surface area (Å²) in [4.78, 5) is 15.1. The summed E-state index contributed by atoms with van der Waals surface area (Å²) in [5, 5.41) is 4.01. The standard InChI is InChI=1S/C11H13N5O/c12-5-3-8-1-2-10(14-7-8)16-6-4-9(15-16)11(13)17/h1-2,4,6-7H,3,5,12H2,(H2,13,17). The largest absolute Gasteiger partial charge is 0.364 e. The first-order chi connectivity index (χ1) is 8.20. The van der Waals surface area contributed by atoms with Crippen LogP contribution in [0, 0.1) is 0 Å². The summed E-state index contributed by atoms with van der Waals surface area (Å²) in [5.74, 6) is 0.0850. The Kier molecular flexibility index (Phi) is 3.15. The molecule has 6 heteroatoms. The van der Waals surface area contributed by atoms with Gasteiger partial charge in [-0.2, -0.15) is 5.10 Å². The molecule has 1 amide bonds. The van der Waals surface area contributed by atoms with Crippen molar-refractivity contribution in [3.05, 3.63) is 41.9 Å². The lowest BCUT2D eigenvalue weighted by atomic mass is 10.2. The van der Waals surface area contributed by atoms with Crippen LogP contribution >= 0.6 is 0 Å². The molecule has 0 aliphatic heterocycles. The molecular weight excluding hydrogens is 218 g/mol. The van der Waals surface area contributed by atoms with Crippen LogP contribution < -0.4 is 11.5 Å². The van der Waals surface area contributed by atoms with Crippen LogP contribution in [0.3, 0.4) is 0 Å². The van der Waals surface area contributed by atoms with Gasteiger partial charge in [0, 0.05) is 12.4 Å². The molecule has 2 heterocycles. The number of nitrogens with zero attached hydrogens (tertiary/aromatic N) is 3. The predicted molar refractivity (Wildman–Crippen MR) is 62.6 cm³/mol. The van der Waals surface area contributed by atoms with Crippen LogP contribution in [-0.2, 0) is 6.42 Å². The Bertz CT molecular complexity index is 517. The van der Waals surface area contributed by atoms with E-state index in [1.807, 2.05) is 12.1 Å². The number of hydrogen-bond acceptors (Lipinski definition) is 4. The van der Waals surface area contributed by atoms with E-state index in [-0.39, 0.29) is 5.69 Å². The maximum absolute atomic E-state index is 10.9. The molecule has 0 unspecified atom stereocenters. The van der Waals surface area contributed by atoms with Crippen molar-refractivity contribution in [2.75, 3.05) is 6.54 Å². The maximum Gasteiger partial charge on any atom is 0.269 e. The highest BCUT2D eigenvalue weighted by molar-refractivity contribution is 5.90. The van der Waals surface area contributed by atoms with Gasteiger partial charge in [0.2, 0.25) is 0 Å². The number of aromatic nitrogens is 3. The molecule has 88 valence electrons. The van der Waals surface area contributed by atoms with Gasteiger partial charge in [-0.3, -0.25) is 4.79 Å². The number of amides is 1. The Hall–Kier alpha value is -2.21. The van der Waals surface area contributed by atoms with Gasteiger partial charge in [-0.15, -0.1) is 0 Å². The second-order valence-electron chi connectivity index (χ2n) is 3.57. The minimum atomic E-state index is -0.552. The summed E-state index contributed by atoms with van der Waals surface area (Å²) in [5.41, 5.74) is 11.9. The van der Waals surface area contributed by atoms with Crippen molar-refractivity contribution in [1.82, 2.24) is 14.8 Å². The fourth-order valence-electron chi connectivity index (χ4n) is 1.45. The Morgan fingerprint density at radius 3 is 2.71 bits per heavy atom. The van der Waals surface area contributed by atoms with E-state index in [1.54, 1.807) is 18.5 Å². The average Bonchev–Trinajstić information content (AvgIpc) is 2.80. The van der Waals surface area contributed by atoms with Crippen molar-refractivity contribution in [2.45, 2.75) is 6.42 Å². The van der Waals surface area contributed by atoms with Gasteiger partial charge < -0.3 is 11.5 Å². The number of pyridine rings is 1. The van der Waals surface area contributed by atoms with Crippen molar-refractivity contribution in [3.8, 4) is 5.82 Å². The first-order valence-electron chi connectivity index (χ1n) is 5.21. The zero-order valence-electron chi connectivity index (χ0n) is 9.21. The zero-order valence-corrected chi connectivity index (χ0v) is 9.21. The summed E-state index contributed by atoms with van der Waals surface area (Å²) >= 11 is 0. The molecule has 0 saturated heterocycles. The van der Waals surface area contributed by atoms with Crippen LogP contribution in [-0.4, -0.2) is 27.2 Å². The quantitative estimate of drug-likeness (QED) is 0.765. The summed E-state index contributed by atoms with van der Waals surface area (Å²) in [6, 6.07) is 5.31. The highest BCUT2D eigenvalue weighted by Crippen LogP contribution is 2.06. The van der Waals surface area contributed by atoms with Crippen molar-refractivity contribution in [1.29, 1.82) is 0 Å². The molecule has 0 aliphatic rings. The zero-order chi connectivity index (χ0) is 12.3. The van der Waals surface area contributed by atoms with Crippen LogP contribution in [0.4, 0.5) is 0 Å². The first-order valence-corrected chi connectivity index (χ1v) is 5.21. The Labute approximate surface area is 98.3 Å². The molecule has 2 aromatic rings. The van der Waals surface area contributed by atoms with Gasteiger partial charge in [-0.1, -0.05) is 6.07 Å². The van der Waals surface area contributed by atoms with Gasteiger partial charge in [-0.25, -0.2) is 9.67 Å². The monoisotopic (exact) mass is 231 g/mol. The van der Waals surface area contributed by atoms with Crippen LogP contribution in [0.5, 0.6) is 0 Å². The van der Waals surface area contributed by atoms with Crippen LogP contribution in [0.25, 0.3) is 5.82 Å².